The molecule has 3 aromatic carbocycles. The third-order valence-corrected chi connectivity index (χ3v) is 3.89. The van der Waals surface area contributed by atoms with Crippen molar-refractivity contribution in [1.29, 1.82) is 0 Å². The summed E-state index contributed by atoms with van der Waals surface area (Å²) in [4.78, 5) is 12.3. The smallest absolute Gasteiger partial charge is 0.255 e. The van der Waals surface area contributed by atoms with Crippen molar-refractivity contribution in [1.82, 2.24) is 0 Å². The number of rotatable bonds is 4. The summed E-state index contributed by atoms with van der Waals surface area (Å²) >= 11 is 0. The van der Waals surface area contributed by atoms with Gasteiger partial charge in [-0.1, -0.05) is 60.2 Å². The van der Waals surface area contributed by atoms with Gasteiger partial charge in [0.15, 0.2) is 0 Å². The Bertz CT molecular complexity index is 826. The number of hydrogen-bond acceptors (Lipinski definition) is 2. The van der Waals surface area contributed by atoms with Crippen molar-refractivity contribution in [2.45, 2.75) is 13.0 Å². The first-order valence-electron chi connectivity index (χ1n) is 7.84. The van der Waals surface area contributed by atoms with Gasteiger partial charge in [0.25, 0.3) is 5.91 Å². The second-order valence-corrected chi connectivity index (χ2v) is 5.76. The zero-order valence-corrected chi connectivity index (χ0v) is 13.4. The Labute approximate surface area is 141 Å². The van der Waals surface area contributed by atoms with E-state index in [4.69, 9.17) is 0 Å². The number of anilines is 1. The maximum Gasteiger partial charge on any atom is 0.255 e. The van der Waals surface area contributed by atoms with Gasteiger partial charge in [0, 0.05) is 11.3 Å². The summed E-state index contributed by atoms with van der Waals surface area (Å²) in [5.41, 5.74) is 3.93. The fraction of sp³-hybridized carbons (Fsp3) is 0.0952. The monoisotopic (exact) mass is 317 g/mol. The lowest BCUT2D eigenvalue weighted by Crippen LogP contribution is -2.12. The topological polar surface area (TPSA) is 49.3 Å². The summed E-state index contributed by atoms with van der Waals surface area (Å²) in [5, 5.41) is 13.4. The molecule has 0 saturated heterocycles. The van der Waals surface area contributed by atoms with Crippen LogP contribution in [-0.2, 0) is 0 Å². The van der Waals surface area contributed by atoms with Crippen molar-refractivity contribution in [2.75, 3.05) is 5.32 Å². The minimum Gasteiger partial charge on any atom is -0.384 e. The second kappa shape index (κ2) is 7.11. The van der Waals surface area contributed by atoms with E-state index in [9.17, 15) is 9.90 Å². The molecule has 0 saturated carbocycles. The van der Waals surface area contributed by atoms with Crippen LogP contribution in [-0.4, -0.2) is 11.0 Å². The highest BCUT2D eigenvalue weighted by molar-refractivity contribution is 6.04. The number of aliphatic hydroxyl groups is 1. The van der Waals surface area contributed by atoms with Gasteiger partial charge in [0.05, 0.1) is 0 Å². The van der Waals surface area contributed by atoms with E-state index in [1.807, 2.05) is 67.6 Å². The van der Waals surface area contributed by atoms with Gasteiger partial charge < -0.3 is 10.4 Å². The van der Waals surface area contributed by atoms with Crippen molar-refractivity contribution >= 4 is 11.6 Å². The molecule has 2 N–H and O–H groups in total. The van der Waals surface area contributed by atoms with Crippen molar-refractivity contribution in [3.05, 3.63) is 101 Å². The van der Waals surface area contributed by atoms with Crippen molar-refractivity contribution in [3.8, 4) is 0 Å². The van der Waals surface area contributed by atoms with Crippen LogP contribution < -0.4 is 5.32 Å². The number of aryl methyl sites for hydroxylation is 1. The first-order chi connectivity index (χ1) is 11.6. The standard InChI is InChI=1S/C21H19NO2/c1-15-10-12-17(13-11-15)21(24)22-19-9-5-8-18(14-19)20(23)16-6-3-2-4-7-16/h2-14,20,23H,1H3,(H,22,24)/t20-/m1/s1. The zero-order chi connectivity index (χ0) is 16.9. The van der Waals surface area contributed by atoms with Crippen LogP contribution in [0.4, 0.5) is 5.69 Å². The predicted molar refractivity (Wildman–Crippen MR) is 96.1 cm³/mol. The molecule has 0 heterocycles. The van der Waals surface area contributed by atoms with Gasteiger partial charge in [-0.3, -0.25) is 4.79 Å². The lowest BCUT2D eigenvalue weighted by molar-refractivity contribution is 0.102. The quantitative estimate of drug-likeness (QED) is 0.752. The van der Waals surface area contributed by atoms with E-state index in [0.29, 0.717) is 11.3 Å². The summed E-state index contributed by atoms with van der Waals surface area (Å²) in [6.45, 7) is 1.98. The van der Waals surface area contributed by atoms with E-state index in [2.05, 4.69) is 5.32 Å². The minimum absolute atomic E-state index is 0.165. The molecule has 3 rings (SSSR count). The molecule has 0 aliphatic rings. The molecule has 120 valence electrons. The molecule has 0 radical (unpaired) electrons. The first kappa shape index (κ1) is 16.0. The number of carbonyl (C=O) groups excluding carboxylic acids is 1. The molecule has 0 aliphatic heterocycles. The van der Waals surface area contributed by atoms with E-state index in [1.165, 1.54) is 0 Å². The van der Waals surface area contributed by atoms with Gasteiger partial charge in [-0.05, 0) is 42.3 Å². The SMILES string of the molecule is Cc1ccc(C(=O)Nc2cccc([C@H](O)c3ccccc3)c2)cc1. The molecule has 3 aromatic rings. The molecule has 0 aliphatic carbocycles. The van der Waals surface area contributed by atoms with Crippen LogP contribution in [0, 0.1) is 6.92 Å². The fourth-order valence-electron chi connectivity index (χ4n) is 2.52. The van der Waals surface area contributed by atoms with Crippen LogP contribution >= 0.6 is 0 Å². The molecule has 24 heavy (non-hydrogen) atoms. The lowest BCUT2D eigenvalue weighted by atomic mass is 10.0. The molecule has 3 heteroatoms. The van der Waals surface area contributed by atoms with E-state index in [-0.39, 0.29) is 5.91 Å². The highest BCUT2D eigenvalue weighted by atomic mass is 16.3. The van der Waals surface area contributed by atoms with Gasteiger partial charge in [-0.15, -0.1) is 0 Å². The first-order valence-corrected chi connectivity index (χ1v) is 7.84. The molecule has 0 spiro atoms. The summed E-state index contributed by atoms with van der Waals surface area (Å²) in [6, 6.07) is 24.1. The Morgan fingerprint density at radius 2 is 1.54 bits per heavy atom. The van der Waals surface area contributed by atoms with Crippen LogP contribution in [0.2, 0.25) is 0 Å². The van der Waals surface area contributed by atoms with E-state index in [0.717, 1.165) is 16.7 Å². The van der Waals surface area contributed by atoms with Crippen LogP contribution in [0.3, 0.4) is 0 Å². The number of aliphatic hydroxyl groups excluding tert-OH is 1. The molecule has 0 aromatic heterocycles. The van der Waals surface area contributed by atoms with Gasteiger partial charge in [0.1, 0.15) is 6.10 Å². The molecule has 3 nitrogen and oxygen atoms in total. The van der Waals surface area contributed by atoms with Gasteiger partial charge in [0.2, 0.25) is 0 Å². The molecule has 1 amide bonds. The fourth-order valence-corrected chi connectivity index (χ4v) is 2.52. The van der Waals surface area contributed by atoms with Crippen molar-refractivity contribution in [3.63, 3.8) is 0 Å². The maximum atomic E-state index is 12.3. The predicted octanol–water partition coefficient (Wildman–Crippen LogP) is 4.33. The number of benzene rings is 3. The molecular formula is C21H19NO2. The molecule has 0 unspecified atom stereocenters. The Kier molecular flexibility index (Phi) is 4.73. The van der Waals surface area contributed by atoms with E-state index >= 15 is 0 Å². The lowest BCUT2D eigenvalue weighted by Gasteiger charge is -2.13. The summed E-state index contributed by atoms with van der Waals surface area (Å²) in [5.74, 6) is -0.165. The number of amides is 1. The van der Waals surface area contributed by atoms with Gasteiger partial charge in [-0.2, -0.15) is 0 Å². The minimum atomic E-state index is -0.720. The summed E-state index contributed by atoms with van der Waals surface area (Å²) in [6.07, 6.45) is -0.720. The van der Waals surface area contributed by atoms with Crippen LogP contribution in [0.1, 0.15) is 33.2 Å². The van der Waals surface area contributed by atoms with E-state index < -0.39 is 6.10 Å². The maximum absolute atomic E-state index is 12.3. The normalized spacial score (nSPS) is 11.8. The molecule has 0 bridgehead atoms. The number of carbonyl (C=O) groups is 1. The van der Waals surface area contributed by atoms with E-state index in [1.54, 1.807) is 18.2 Å². The Morgan fingerprint density at radius 3 is 2.25 bits per heavy atom. The van der Waals surface area contributed by atoms with Crippen molar-refractivity contribution in [2.24, 2.45) is 0 Å². The molecular weight excluding hydrogens is 298 g/mol. The average Bonchev–Trinajstić information content (AvgIpc) is 2.62. The highest BCUT2D eigenvalue weighted by Crippen LogP contribution is 2.24. The molecule has 0 fully saturated rings. The third-order valence-electron chi connectivity index (χ3n) is 3.89. The molecule has 1 atom stereocenters. The summed E-state index contributed by atoms with van der Waals surface area (Å²) < 4.78 is 0. The summed E-state index contributed by atoms with van der Waals surface area (Å²) in [7, 11) is 0. The Balaban J connectivity index is 1.78. The largest absolute Gasteiger partial charge is 0.384 e. The van der Waals surface area contributed by atoms with Gasteiger partial charge in [-0.25, -0.2) is 0 Å². The third kappa shape index (κ3) is 3.70. The van der Waals surface area contributed by atoms with Crippen LogP contribution in [0.5, 0.6) is 0 Å². The van der Waals surface area contributed by atoms with Crippen molar-refractivity contribution < 1.29 is 9.90 Å². The Morgan fingerprint density at radius 1 is 0.875 bits per heavy atom. The number of hydrogen-bond donors (Lipinski definition) is 2. The zero-order valence-electron chi connectivity index (χ0n) is 13.4. The number of nitrogens with one attached hydrogen (secondary N) is 1. The highest BCUT2D eigenvalue weighted by Gasteiger charge is 2.11. The van der Waals surface area contributed by atoms with Crippen LogP contribution in [0.25, 0.3) is 0 Å². The Hall–Kier alpha value is -2.91. The second-order valence-electron chi connectivity index (χ2n) is 5.76. The van der Waals surface area contributed by atoms with Gasteiger partial charge >= 0.3 is 0 Å². The average molecular weight is 317 g/mol. The van der Waals surface area contributed by atoms with Crippen LogP contribution in [0.15, 0.2) is 78.9 Å².